The highest BCUT2D eigenvalue weighted by Gasteiger charge is 2.17. The summed E-state index contributed by atoms with van der Waals surface area (Å²) in [4.78, 5) is 11.2. The molecule has 158 valence electrons. The maximum atomic E-state index is 11.2. The molecule has 1 unspecified atom stereocenters. The molecule has 0 fully saturated rings. The summed E-state index contributed by atoms with van der Waals surface area (Å²) in [5, 5.41) is 9.21. The van der Waals surface area contributed by atoms with Gasteiger partial charge in [0.2, 0.25) is 0 Å². The van der Waals surface area contributed by atoms with Gasteiger partial charge in [0.1, 0.15) is 12.4 Å². The smallest absolute Gasteiger partial charge is 0.333 e. The molecule has 0 aliphatic carbocycles. The zero-order valence-electron chi connectivity index (χ0n) is 17.2. The monoisotopic (exact) mass is 471 g/mol. The van der Waals surface area contributed by atoms with E-state index >= 15 is 0 Å². The molecule has 0 amide bonds. The van der Waals surface area contributed by atoms with Crippen LogP contribution in [-0.2, 0) is 22.5 Å². The zero-order chi connectivity index (χ0) is 21.5. The molecule has 0 saturated heterocycles. The highest BCUT2D eigenvalue weighted by molar-refractivity contribution is 9.10. The van der Waals surface area contributed by atoms with Crippen molar-refractivity contribution in [2.45, 2.75) is 32.9 Å². The second-order valence-electron chi connectivity index (χ2n) is 7.00. The van der Waals surface area contributed by atoms with E-state index in [2.05, 4.69) is 51.7 Å². The quantitative estimate of drug-likeness (QED) is 0.433. The predicted molar refractivity (Wildman–Crippen MR) is 121 cm³/mol. The second-order valence-corrected chi connectivity index (χ2v) is 7.91. The van der Waals surface area contributed by atoms with Crippen LogP contribution in [0.4, 0.5) is 0 Å². The maximum Gasteiger partial charge on any atom is 0.333 e. The molecule has 5 nitrogen and oxygen atoms in total. The molecule has 0 aliphatic heterocycles. The van der Waals surface area contributed by atoms with E-state index in [1.807, 2.05) is 36.4 Å². The van der Waals surface area contributed by atoms with E-state index in [4.69, 9.17) is 9.47 Å². The number of carboxylic acid groups (broad SMARTS) is 1. The third-order valence-electron chi connectivity index (χ3n) is 4.91. The number of aromatic nitrogens is 1. The first-order valence-electron chi connectivity index (χ1n) is 9.96. The van der Waals surface area contributed by atoms with Crippen LogP contribution in [-0.4, -0.2) is 35.0 Å². The summed E-state index contributed by atoms with van der Waals surface area (Å²) in [5.74, 6) is -0.183. The molecule has 3 rings (SSSR count). The van der Waals surface area contributed by atoms with Gasteiger partial charge < -0.3 is 19.1 Å². The molecule has 0 bridgehead atoms. The van der Waals surface area contributed by atoms with Crippen molar-refractivity contribution in [2.75, 3.05) is 13.2 Å². The third-order valence-corrected chi connectivity index (χ3v) is 5.44. The summed E-state index contributed by atoms with van der Waals surface area (Å²) in [6.07, 6.45) is -0.488. The Morgan fingerprint density at radius 1 is 1.07 bits per heavy atom. The van der Waals surface area contributed by atoms with Crippen LogP contribution in [0.1, 0.15) is 18.2 Å². The SMILES string of the molecule is CCOC(Cc1ccc(OCCn2c(C)ccc2-c2ccc(Br)cc2)cc1)C(=O)O. The first-order valence-corrected chi connectivity index (χ1v) is 10.8. The predicted octanol–water partition coefficient (Wildman–Crippen LogP) is 5.34. The van der Waals surface area contributed by atoms with Crippen molar-refractivity contribution < 1.29 is 19.4 Å². The first-order chi connectivity index (χ1) is 14.5. The number of hydrogen-bond acceptors (Lipinski definition) is 3. The Labute approximate surface area is 185 Å². The van der Waals surface area contributed by atoms with Gasteiger partial charge in [-0.3, -0.25) is 0 Å². The fourth-order valence-electron chi connectivity index (χ4n) is 3.35. The molecule has 0 radical (unpaired) electrons. The minimum atomic E-state index is -0.944. The number of aryl methyl sites for hydroxylation is 1. The lowest BCUT2D eigenvalue weighted by molar-refractivity contribution is -0.149. The number of hydrogen-bond donors (Lipinski definition) is 1. The van der Waals surface area contributed by atoms with Crippen molar-refractivity contribution in [3.05, 3.63) is 76.4 Å². The molecule has 1 heterocycles. The Balaban J connectivity index is 1.59. The molecular formula is C24H26BrNO4. The van der Waals surface area contributed by atoms with Gasteiger partial charge in [0.05, 0.1) is 6.54 Å². The number of halogens is 1. The lowest BCUT2D eigenvalue weighted by atomic mass is 10.1. The lowest BCUT2D eigenvalue weighted by Crippen LogP contribution is -2.26. The number of benzene rings is 2. The molecule has 30 heavy (non-hydrogen) atoms. The summed E-state index contributed by atoms with van der Waals surface area (Å²) in [6, 6.07) is 20.0. The number of ether oxygens (including phenoxy) is 2. The highest BCUT2D eigenvalue weighted by atomic mass is 79.9. The van der Waals surface area contributed by atoms with Gasteiger partial charge in [0, 0.05) is 28.9 Å². The summed E-state index contributed by atoms with van der Waals surface area (Å²) >= 11 is 3.48. The van der Waals surface area contributed by atoms with Gasteiger partial charge in [0.25, 0.3) is 0 Å². The molecule has 1 aromatic heterocycles. The van der Waals surface area contributed by atoms with E-state index < -0.39 is 12.1 Å². The Kier molecular flexibility index (Phi) is 7.71. The van der Waals surface area contributed by atoms with E-state index in [1.165, 1.54) is 5.69 Å². The fraction of sp³-hybridized carbons (Fsp3) is 0.292. The van der Waals surface area contributed by atoms with E-state index in [-0.39, 0.29) is 0 Å². The van der Waals surface area contributed by atoms with Crippen LogP contribution in [0.2, 0.25) is 0 Å². The number of nitrogens with zero attached hydrogens (tertiary/aromatic N) is 1. The van der Waals surface area contributed by atoms with Gasteiger partial charge in [-0.15, -0.1) is 0 Å². The van der Waals surface area contributed by atoms with Crippen molar-refractivity contribution in [3.8, 4) is 17.0 Å². The van der Waals surface area contributed by atoms with Crippen LogP contribution in [0.5, 0.6) is 5.75 Å². The standard InChI is InChI=1S/C24H26BrNO4/c1-3-29-23(24(27)28)16-18-5-11-21(12-6-18)30-15-14-26-17(2)4-13-22(26)19-7-9-20(25)10-8-19/h4-13,23H,3,14-16H2,1-2H3,(H,27,28). The molecular weight excluding hydrogens is 446 g/mol. The minimum Gasteiger partial charge on any atom is -0.492 e. The topological polar surface area (TPSA) is 60.7 Å². The summed E-state index contributed by atoms with van der Waals surface area (Å²) in [7, 11) is 0. The number of carboxylic acids is 1. The first kappa shape index (κ1) is 22.1. The molecule has 0 spiro atoms. The van der Waals surface area contributed by atoms with Crippen LogP contribution in [0, 0.1) is 6.92 Å². The van der Waals surface area contributed by atoms with Gasteiger partial charge in [-0.2, -0.15) is 0 Å². The molecule has 1 N–H and O–H groups in total. The van der Waals surface area contributed by atoms with Crippen molar-refractivity contribution in [2.24, 2.45) is 0 Å². The summed E-state index contributed by atoms with van der Waals surface area (Å²) in [5.41, 5.74) is 4.41. The maximum absolute atomic E-state index is 11.2. The number of rotatable bonds is 10. The van der Waals surface area contributed by atoms with Crippen LogP contribution in [0.3, 0.4) is 0 Å². The van der Waals surface area contributed by atoms with E-state index in [0.717, 1.165) is 33.6 Å². The molecule has 0 aliphatic rings. The Morgan fingerprint density at radius 3 is 2.40 bits per heavy atom. The summed E-state index contributed by atoms with van der Waals surface area (Å²) < 4.78 is 14.5. The molecule has 1 atom stereocenters. The van der Waals surface area contributed by atoms with Crippen molar-refractivity contribution >= 4 is 21.9 Å². The van der Waals surface area contributed by atoms with E-state index in [1.54, 1.807) is 6.92 Å². The second kappa shape index (κ2) is 10.5. The number of aliphatic carboxylic acids is 1. The molecule has 2 aromatic carbocycles. The zero-order valence-corrected chi connectivity index (χ0v) is 18.8. The van der Waals surface area contributed by atoms with Crippen LogP contribution in [0.15, 0.2) is 65.1 Å². The third kappa shape index (κ3) is 5.74. The average molecular weight is 472 g/mol. The van der Waals surface area contributed by atoms with Gasteiger partial charge in [-0.25, -0.2) is 4.79 Å². The van der Waals surface area contributed by atoms with E-state index in [9.17, 15) is 9.90 Å². The van der Waals surface area contributed by atoms with Crippen LogP contribution >= 0.6 is 15.9 Å². The van der Waals surface area contributed by atoms with Crippen molar-refractivity contribution in [1.29, 1.82) is 0 Å². The largest absolute Gasteiger partial charge is 0.492 e. The Morgan fingerprint density at radius 2 is 1.77 bits per heavy atom. The Bertz CT molecular complexity index is 964. The van der Waals surface area contributed by atoms with Crippen molar-refractivity contribution in [3.63, 3.8) is 0 Å². The fourth-order valence-corrected chi connectivity index (χ4v) is 3.61. The van der Waals surface area contributed by atoms with Gasteiger partial charge in [-0.05, 0) is 61.4 Å². The lowest BCUT2D eigenvalue weighted by Gasteiger charge is -2.14. The Hall–Kier alpha value is -2.57. The van der Waals surface area contributed by atoms with Gasteiger partial charge >= 0.3 is 5.97 Å². The summed E-state index contributed by atoms with van der Waals surface area (Å²) in [6.45, 7) is 5.53. The average Bonchev–Trinajstić information content (AvgIpc) is 3.10. The number of carbonyl (C=O) groups is 1. The van der Waals surface area contributed by atoms with Crippen molar-refractivity contribution in [1.82, 2.24) is 4.57 Å². The molecule has 6 heteroatoms. The van der Waals surface area contributed by atoms with Crippen LogP contribution in [0.25, 0.3) is 11.3 Å². The molecule has 3 aromatic rings. The normalized spacial score (nSPS) is 12.0. The van der Waals surface area contributed by atoms with Gasteiger partial charge in [0.15, 0.2) is 6.10 Å². The van der Waals surface area contributed by atoms with Gasteiger partial charge in [-0.1, -0.05) is 40.2 Å². The van der Waals surface area contributed by atoms with E-state index in [0.29, 0.717) is 19.6 Å². The van der Waals surface area contributed by atoms with Crippen LogP contribution < -0.4 is 4.74 Å². The highest BCUT2D eigenvalue weighted by Crippen LogP contribution is 2.24. The molecule has 0 saturated carbocycles. The minimum absolute atomic E-state index is 0.336.